The van der Waals surface area contributed by atoms with E-state index in [0.717, 1.165) is 88.8 Å². The fourth-order valence-corrected chi connectivity index (χ4v) is 18.4. The summed E-state index contributed by atoms with van der Waals surface area (Å²) in [6.07, 6.45) is 1.01. The highest BCUT2D eigenvalue weighted by atomic mass is 19.4. The molecule has 1 aliphatic heterocycles. The van der Waals surface area contributed by atoms with E-state index < -0.39 is 11.6 Å². The van der Waals surface area contributed by atoms with Crippen LogP contribution in [0.15, 0.2) is 0 Å². The van der Waals surface area contributed by atoms with E-state index in [2.05, 4.69) is 235 Å². The van der Waals surface area contributed by atoms with Crippen LogP contribution >= 0.6 is 0 Å². The molecular formula is C78H164F4O2. The van der Waals surface area contributed by atoms with Crippen LogP contribution in [0.5, 0.6) is 0 Å². The second-order valence-electron chi connectivity index (χ2n) is 34.6. The first-order chi connectivity index (χ1) is 37.5. The van der Waals surface area contributed by atoms with Crippen molar-refractivity contribution in [3.8, 4) is 0 Å². The van der Waals surface area contributed by atoms with Gasteiger partial charge in [0.2, 0.25) is 0 Å². The van der Waals surface area contributed by atoms with Gasteiger partial charge in [-0.2, -0.15) is 13.2 Å². The van der Waals surface area contributed by atoms with Crippen molar-refractivity contribution in [2.24, 2.45) is 158 Å². The number of alkyl halides is 4. The third-order valence-electron chi connectivity index (χ3n) is 19.5. The number of methoxy groups -OCH3 is 1. The van der Waals surface area contributed by atoms with Gasteiger partial charge in [0.25, 0.3) is 0 Å². The Balaban J connectivity index is -0.000000212. The Hall–Kier alpha value is -0.360. The molecular weight excluding hydrogens is 1040 g/mol. The molecule has 0 N–H and O–H groups in total. The molecule has 1 aliphatic rings. The SMILES string of the molecule is CC(C)C(C(C)C)C(C)(C)C.CC(C)C(C(C)C)C(C)(C)C(F)(F)F.CC(C)C(C(C)C)C(C)(C)CF.CC(C)C(C(C)C)C(C)C.CC1CC(C(C(C)C)C(C)C)CC(C)O1.CCC(C)C(C(C)C)C(C)C.COC(C)C(C(C)C)C(C)C. The molecule has 0 amide bonds. The van der Waals surface area contributed by atoms with E-state index >= 15 is 0 Å². The van der Waals surface area contributed by atoms with Gasteiger partial charge in [0.05, 0.1) is 30.4 Å². The topological polar surface area (TPSA) is 18.5 Å². The van der Waals surface area contributed by atoms with Gasteiger partial charge in [0, 0.05) is 7.11 Å². The standard InChI is InChI=1S/C14H28O.C11H21F3.C11H23F.2C11H24.C10H22O.C10H22/c1-9(2)14(10(3)4)13-7-11(5)15-12(6)8-13;1-7(2)9(8(3)4)10(5,6)11(12,13)14;1-8(2)10(9(3)4)11(5,6)7-12;1-8(2)10(9(3)4)11(5,6)7;1-7-10(6)11(8(2)3)9(4)5;1-7(2)10(8(3)4)9(5)11-6;1-7(2)10(8(3)4)9(5)6/h9-14H,7-8H2,1-6H3;7-9H,1-6H3;8-10H,7H2,1-6H3;8-10H,1-7H3;8-11H,7H2,1-6H3;7-10H,1-6H3;7-10H,1-6H3. The predicted octanol–water partition coefficient (Wildman–Crippen LogP) is 27.0. The Labute approximate surface area is 531 Å². The summed E-state index contributed by atoms with van der Waals surface area (Å²) in [4.78, 5) is 0. The van der Waals surface area contributed by atoms with Crippen molar-refractivity contribution in [2.45, 2.75) is 335 Å². The quantitative estimate of drug-likeness (QED) is 0.0950. The zero-order valence-corrected chi connectivity index (χ0v) is 65.7. The number of hydrogen-bond acceptors (Lipinski definition) is 2. The van der Waals surface area contributed by atoms with Gasteiger partial charge in [-0.1, -0.05) is 276 Å². The zero-order chi connectivity index (χ0) is 68.8. The molecule has 2 nitrogen and oxygen atoms in total. The molecule has 1 saturated heterocycles. The molecule has 84 heavy (non-hydrogen) atoms. The van der Waals surface area contributed by atoms with Crippen molar-refractivity contribution in [3.05, 3.63) is 0 Å². The maximum Gasteiger partial charge on any atom is 0.394 e. The molecule has 0 aromatic heterocycles. The molecule has 4 atom stereocenters. The Morgan fingerprint density at radius 2 is 0.667 bits per heavy atom. The minimum absolute atomic E-state index is 0.0478. The fourth-order valence-electron chi connectivity index (χ4n) is 18.4. The van der Waals surface area contributed by atoms with Gasteiger partial charge in [-0.25, -0.2) is 0 Å². The van der Waals surface area contributed by atoms with Crippen molar-refractivity contribution in [3.63, 3.8) is 0 Å². The lowest BCUT2D eigenvalue weighted by Crippen LogP contribution is -2.43. The first kappa shape index (κ1) is 94.8. The molecule has 0 saturated carbocycles. The van der Waals surface area contributed by atoms with E-state index in [9.17, 15) is 17.6 Å². The highest BCUT2D eigenvalue weighted by Gasteiger charge is 2.53. The van der Waals surface area contributed by atoms with Gasteiger partial charge in [0.15, 0.2) is 0 Å². The maximum absolute atomic E-state index is 12.8. The van der Waals surface area contributed by atoms with Crippen LogP contribution in [0.1, 0.15) is 310 Å². The molecule has 1 rings (SSSR count). The Kier molecular flexibility index (Phi) is 50.8. The smallest absolute Gasteiger partial charge is 0.381 e. The van der Waals surface area contributed by atoms with Gasteiger partial charge in [-0.15, -0.1) is 0 Å². The number of rotatable bonds is 23. The molecule has 516 valence electrons. The molecule has 6 heteroatoms. The summed E-state index contributed by atoms with van der Waals surface area (Å²) in [5, 5.41) is 0. The number of hydrogen-bond donors (Lipinski definition) is 0. The average molecular weight is 1210 g/mol. The lowest BCUT2D eigenvalue weighted by molar-refractivity contribution is -0.239. The maximum atomic E-state index is 12.8. The van der Waals surface area contributed by atoms with Crippen molar-refractivity contribution < 1.29 is 27.0 Å². The van der Waals surface area contributed by atoms with Crippen LogP contribution in [0.2, 0.25) is 0 Å². The summed E-state index contributed by atoms with van der Waals surface area (Å²) < 4.78 is 62.3. The van der Waals surface area contributed by atoms with Crippen LogP contribution in [0.3, 0.4) is 0 Å². The van der Waals surface area contributed by atoms with E-state index in [1.165, 1.54) is 33.1 Å². The largest absolute Gasteiger partial charge is 0.394 e. The van der Waals surface area contributed by atoms with E-state index in [-0.39, 0.29) is 29.8 Å². The molecule has 0 aromatic rings. The second kappa shape index (κ2) is 45.0. The van der Waals surface area contributed by atoms with E-state index in [4.69, 9.17) is 9.47 Å². The highest BCUT2D eigenvalue weighted by molar-refractivity contribution is 4.89. The summed E-state index contributed by atoms with van der Waals surface area (Å²) >= 11 is 0. The van der Waals surface area contributed by atoms with Gasteiger partial charge in [-0.05, 0) is 186 Å². The second-order valence-corrected chi connectivity index (χ2v) is 34.6. The molecule has 1 fully saturated rings. The van der Waals surface area contributed by atoms with E-state index in [0.29, 0.717) is 59.2 Å². The van der Waals surface area contributed by atoms with E-state index in [1.54, 1.807) is 7.11 Å². The lowest BCUT2D eigenvalue weighted by atomic mass is 9.67. The normalized spacial score (nSPS) is 17.5. The van der Waals surface area contributed by atoms with Crippen LogP contribution < -0.4 is 0 Å². The average Bonchev–Trinajstić information content (AvgIpc) is 3.24. The third-order valence-corrected chi connectivity index (χ3v) is 19.5. The minimum Gasteiger partial charge on any atom is -0.381 e. The van der Waals surface area contributed by atoms with Gasteiger partial charge < -0.3 is 9.47 Å². The summed E-state index contributed by atoms with van der Waals surface area (Å²) in [7, 11) is 1.79. The molecule has 4 unspecified atom stereocenters. The van der Waals surface area contributed by atoms with Crippen LogP contribution in [-0.4, -0.2) is 38.3 Å². The van der Waals surface area contributed by atoms with E-state index in [1.807, 2.05) is 41.5 Å². The Morgan fingerprint density at radius 3 is 0.774 bits per heavy atom. The van der Waals surface area contributed by atoms with Gasteiger partial charge in [-0.3, -0.25) is 4.39 Å². The summed E-state index contributed by atoms with van der Waals surface area (Å²) in [6, 6.07) is 0. The molecule has 0 aliphatic carbocycles. The van der Waals surface area contributed by atoms with Crippen molar-refractivity contribution >= 4 is 0 Å². The number of ether oxygens (including phenoxy) is 2. The lowest BCUT2D eigenvalue weighted by Gasteiger charge is -2.41. The predicted molar refractivity (Wildman–Crippen MR) is 375 cm³/mol. The number of halogens is 4. The molecule has 1 heterocycles. The highest BCUT2D eigenvalue weighted by Crippen LogP contribution is 2.49. The van der Waals surface area contributed by atoms with Gasteiger partial charge >= 0.3 is 6.18 Å². The van der Waals surface area contributed by atoms with Crippen molar-refractivity contribution in [2.75, 3.05) is 13.8 Å². The first-order valence-electron chi connectivity index (χ1n) is 35.3. The monoisotopic (exact) mass is 1210 g/mol. The Bertz CT molecular complexity index is 1390. The molecule has 0 aromatic carbocycles. The fraction of sp³-hybridized carbons (Fsp3) is 1.00. The zero-order valence-electron chi connectivity index (χ0n) is 65.7. The van der Waals surface area contributed by atoms with Gasteiger partial charge in [0.1, 0.15) is 0 Å². The molecule has 0 spiro atoms. The molecule has 0 bridgehead atoms. The summed E-state index contributed by atoms with van der Waals surface area (Å²) in [5.74, 6) is 16.1. The molecule has 0 radical (unpaired) electrons. The summed E-state index contributed by atoms with van der Waals surface area (Å²) in [5.41, 5.74) is -1.31. The third kappa shape index (κ3) is 38.4. The summed E-state index contributed by atoms with van der Waals surface area (Å²) in [6.45, 7) is 92.1. The minimum atomic E-state index is -4.12. The van der Waals surface area contributed by atoms with Crippen LogP contribution in [0.25, 0.3) is 0 Å². The first-order valence-corrected chi connectivity index (χ1v) is 35.3. The van der Waals surface area contributed by atoms with Crippen LogP contribution in [0, 0.1) is 158 Å². The van der Waals surface area contributed by atoms with Crippen molar-refractivity contribution in [1.29, 1.82) is 0 Å². The van der Waals surface area contributed by atoms with Crippen LogP contribution in [0.4, 0.5) is 17.6 Å². The Morgan fingerprint density at radius 1 is 0.393 bits per heavy atom. The van der Waals surface area contributed by atoms with Crippen molar-refractivity contribution in [1.82, 2.24) is 0 Å². The van der Waals surface area contributed by atoms with Crippen LogP contribution in [-0.2, 0) is 9.47 Å².